The van der Waals surface area contributed by atoms with Gasteiger partial charge in [-0.25, -0.2) is 0 Å². The minimum absolute atomic E-state index is 0.279. The van der Waals surface area contributed by atoms with Crippen LogP contribution in [0.15, 0.2) is 0 Å². The van der Waals surface area contributed by atoms with Crippen LogP contribution in [0, 0.1) is 11.3 Å². The minimum Gasteiger partial charge on any atom is -0.480 e. The Morgan fingerprint density at radius 1 is 1.29 bits per heavy atom. The molecule has 2 saturated heterocycles. The molecule has 4 heteroatoms. The number of likely N-dealkylation sites (tertiary alicyclic amines) is 1. The van der Waals surface area contributed by atoms with Crippen molar-refractivity contribution in [2.75, 3.05) is 26.3 Å². The molecule has 2 rings (SSSR count). The molecule has 0 radical (unpaired) electrons. The molecule has 17 heavy (non-hydrogen) atoms. The van der Waals surface area contributed by atoms with Gasteiger partial charge >= 0.3 is 5.97 Å². The molecule has 2 aliphatic rings. The fourth-order valence-electron chi connectivity index (χ4n) is 2.75. The van der Waals surface area contributed by atoms with E-state index in [9.17, 15) is 9.90 Å². The summed E-state index contributed by atoms with van der Waals surface area (Å²) in [7, 11) is 0. The van der Waals surface area contributed by atoms with Crippen molar-refractivity contribution >= 4 is 5.97 Å². The number of carboxylic acids is 1. The summed E-state index contributed by atoms with van der Waals surface area (Å²) in [6.45, 7) is 9.66. The van der Waals surface area contributed by atoms with Crippen LogP contribution >= 0.6 is 0 Å². The maximum atomic E-state index is 11.6. The Bertz CT molecular complexity index is 296. The zero-order chi connectivity index (χ0) is 12.7. The van der Waals surface area contributed by atoms with Gasteiger partial charge in [-0.1, -0.05) is 20.8 Å². The van der Waals surface area contributed by atoms with E-state index in [-0.39, 0.29) is 5.41 Å². The van der Waals surface area contributed by atoms with E-state index < -0.39 is 11.5 Å². The predicted octanol–water partition coefficient (Wildman–Crippen LogP) is 1.60. The second-order valence-electron chi connectivity index (χ2n) is 6.42. The first-order chi connectivity index (χ1) is 7.86. The van der Waals surface area contributed by atoms with Crippen molar-refractivity contribution in [2.45, 2.75) is 39.2 Å². The van der Waals surface area contributed by atoms with Crippen molar-refractivity contribution in [2.24, 2.45) is 11.3 Å². The standard InChI is InChI=1S/C13H23NO3/c1-12(2,3)10-8-14(9-10)13(11(15)16)4-6-17-7-5-13/h10H,4-9H2,1-3H3,(H,15,16). The van der Waals surface area contributed by atoms with Gasteiger partial charge in [-0.3, -0.25) is 9.69 Å². The van der Waals surface area contributed by atoms with Crippen LogP contribution in [0.4, 0.5) is 0 Å². The van der Waals surface area contributed by atoms with Gasteiger partial charge in [0.15, 0.2) is 0 Å². The summed E-state index contributed by atoms with van der Waals surface area (Å²) in [5, 5.41) is 9.52. The van der Waals surface area contributed by atoms with E-state index in [4.69, 9.17) is 4.74 Å². The van der Waals surface area contributed by atoms with Gasteiger partial charge in [0.2, 0.25) is 0 Å². The second kappa shape index (κ2) is 4.25. The molecule has 0 aromatic carbocycles. The molecule has 0 bridgehead atoms. The highest BCUT2D eigenvalue weighted by Gasteiger charge is 2.51. The number of carboxylic acid groups (broad SMARTS) is 1. The summed E-state index contributed by atoms with van der Waals surface area (Å²) in [4.78, 5) is 13.7. The first kappa shape index (κ1) is 12.8. The highest BCUT2D eigenvalue weighted by Crippen LogP contribution is 2.40. The van der Waals surface area contributed by atoms with Crippen LogP contribution < -0.4 is 0 Å². The summed E-state index contributed by atoms with van der Waals surface area (Å²) in [6.07, 6.45) is 1.25. The van der Waals surface area contributed by atoms with Gasteiger partial charge in [-0.2, -0.15) is 0 Å². The lowest BCUT2D eigenvalue weighted by molar-refractivity contribution is -0.170. The fourth-order valence-corrected chi connectivity index (χ4v) is 2.75. The van der Waals surface area contributed by atoms with E-state index in [1.54, 1.807) is 0 Å². The molecule has 0 atom stereocenters. The molecule has 1 N–H and O–H groups in total. The lowest BCUT2D eigenvalue weighted by atomic mass is 9.72. The van der Waals surface area contributed by atoms with Crippen LogP contribution in [0.1, 0.15) is 33.6 Å². The first-order valence-corrected chi connectivity index (χ1v) is 6.42. The summed E-state index contributed by atoms with van der Waals surface area (Å²) in [5.74, 6) is -0.0604. The molecule has 2 heterocycles. The van der Waals surface area contributed by atoms with Crippen molar-refractivity contribution in [3.63, 3.8) is 0 Å². The van der Waals surface area contributed by atoms with E-state index >= 15 is 0 Å². The molecule has 0 amide bonds. The molecule has 4 nitrogen and oxygen atoms in total. The number of nitrogens with zero attached hydrogens (tertiary/aromatic N) is 1. The third-order valence-electron chi connectivity index (χ3n) is 4.43. The molecule has 0 unspecified atom stereocenters. The number of rotatable bonds is 2. The Balaban J connectivity index is 2.03. The van der Waals surface area contributed by atoms with Gasteiger partial charge in [0.1, 0.15) is 5.54 Å². The molecule has 0 saturated carbocycles. The third kappa shape index (κ3) is 2.20. The summed E-state index contributed by atoms with van der Waals surface area (Å²) in [6, 6.07) is 0. The molecule has 2 fully saturated rings. The molecule has 0 aromatic rings. The van der Waals surface area contributed by atoms with Crippen molar-refractivity contribution in [3.8, 4) is 0 Å². The first-order valence-electron chi connectivity index (χ1n) is 6.42. The molecule has 98 valence electrons. The number of hydrogen-bond donors (Lipinski definition) is 1. The number of hydrogen-bond acceptors (Lipinski definition) is 3. The average Bonchev–Trinajstić information content (AvgIpc) is 2.14. The maximum Gasteiger partial charge on any atom is 0.324 e. The van der Waals surface area contributed by atoms with Crippen molar-refractivity contribution < 1.29 is 14.6 Å². The smallest absolute Gasteiger partial charge is 0.324 e. The highest BCUT2D eigenvalue weighted by atomic mass is 16.5. The van der Waals surface area contributed by atoms with E-state index in [1.807, 2.05) is 0 Å². The fraction of sp³-hybridized carbons (Fsp3) is 0.923. The Morgan fingerprint density at radius 2 is 1.82 bits per heavy atom. The van der Waals surface area contributed by atoms with E-state index in [0.717, 1.165) is 13.1 Å². The summed E-state index contributed by atoms with van der Waals surface area (Å²) < 4.78 is 5.30. The van der Waals surface area contributed by atoms with E-state index in [1.165, 1.54) is 0 Å². The molecule has 0 aliphatic carbocycles. The van der Waals surface area contributed by atoms with Crippen LogP contribution in [0.2, 0.25) is 0 Å². The zero-order valence-electron chi connectivity index (χ0n) is 11.0. The monoisotopic (exact) mass is 241 g/mol. The predicted molar refractivity (Wildman–Crippen MR) is 64.9 cm³/mol. The molecular weight excluding hydrogens is 218 g/mol. The van der Waals surface area contributed by atoms with E-state index in [0.29, 0.717) is 32.0 Å². The Morgan fingerprint density at radius 3 is 2.24 bits per heavy atom. The van der Waals surface area contributed by atoms with Crippen molar-refractivity contribution in [1.82, 2.24) is 4.90 Å². The summed E-state index contributed by atoms with van der Waals surface area (Å²) >= 11 is 0. The Hall–Kier alpha value is -0.610. The van der Waals surface area contributed by atoms with Crippen LogP contribution in [0.25, 0.3) is 0 Å². The largest absolute Gasteiger partial charge is 0.480 e. The van der Waals surface area contributed by atoms with Gasteiger partial charge in [-0.05, 0) is 24.2 Å². The van der Waals surface area contributed by atoms with E-state index in [2.05, 4.69) is 25.7 Å². The molecule has 2 aliphatic heterocycles. The quantitative estimate of drug-likeness (QED) is 0.797. The lowest BCUT2D eigenvalue weighted by Gasteiger charge is -2.54. The summed E-state index contributed by atoms with van der Waals surface area (Å²) in [5.41, 5.74) is -0.374. The second-order valence-corrected chi connectivity index (χ2v) is 6.42. The third-order valence-corrected chi connectivity index (χ3v) is 4.43. The molecular formula is C13H23NO3. The molecule has 0 spiro atoms. The number of ether oxygens (including phenoxy) is 1. The van der Waals surface area contributed by atoms with Crippen molar-refractivity contribution in [3.05, 3.63) is 0 Å². The van der Waals surface area contributed by atoms with Gasteiger partial charge in [0.05, 0.1) is 0 Å². The normalized spacial score (nSPS) is 26.5. The Kier molecular flexibility index (Phi) is 3.21. The van der Waals surface area contributed by atoms with Crippen LogP contribution in [-0.2, 0) is 9.53 Å². The zero-order valence-corrected chi connectivity index (χ0v) is 11.0. The Labute approximate surface area is 103 Å². The SMILES string of the molecule is CC(C)(C)C1CN(C2(C(=O)O)CCOCC2)C1. The van der Waals surface area contributed by atoms with Gasteiger partial charge < -0.3 is 9.84 Å². The topological polar surface area (TPSA) is 49.8 Å². The molecule has 0 aromatic heterocycles. The van der Waals surface area contributed by atoms with Gasteiger partial charge in [0.25, 0.3) is 0 Å². The van der Waals surface area contributed by atoms with Crippen molar-refractivity contribution in [1.29, 1.82) is 0 Å². The van der Waals surface area contributed by atoms with Gasteiger partial charge in [0, 0.05) is 26.3 Å². The number of carbonyl (C=O) groups is 1. The maximum absolute atomic E-state index is 11.6. The number of aliphatic carboxylic acids is 1. The lowest BCUT2D eigenvalue weighted by Crippen LogP contribution is -2.67. The van der Waals surface area contributed by atoms with Gasteiger partial charge in [-0.15, -0.1) is 0 Å². The minimum atomic E-state index is -0.673. The highest BCUT2D eigenvalue weighted by molar-refractivity contribution is 5.79. The average molecular weight is 241 g/mol. The van der Waals surface area contributed by atoms with Crippen LogP contribution in [0.5, 0.6) is 0 Å². The van der Waals surface area contributed by atoms with Crippen LogP contribution in [0.3, 0.4) is 0 Å². The van der Waals surface area contributed by atoms with Crippen LogP contribution in [-0.4, -0.2) is 47.8 Å².